The van der Waals surface area contributed by atoms with Gasteiger partial charge in [0.25, 0.3) is 0 Å². The van der Waals surface area contributed by atoms with Crippen LogP contribution >= 0.6 is 0 Å². The maximum atomic E-state index is 5.84. The van der Waals surface area contributed by atoms with E-state index < -0.39 is 0 Å². The third-order valence-corrected chi connectivity index (χ3v) is 3.11. The van der Waals surface area contributed by atoms with E-state index in [0.29, 0.717) is 19.1 Å². The highest BCUT2D eigenvalue weighted by molar-refractivity contribution is 5.32. The number of rotatable bonds is 3. The first-order chi connectivity index (χ1) is 9.33. The molecule has 0 aliphatic carbocycles. The molecule has 0 fully saturated rings. The Bertz CT molecular complexity index is 570. The molecule has 0 saturated carbocycles. The molecular weight excluding hydrogens is 240 g/mol. The number of benzene rings is 1. The third kappa shape index (κ3) is 2.74. The van der Waals surface area contributed by atoms with E-state index in [9.17, 15) is 0 Å². The largest absolute Gasteiger partial charge is 0.472 e. The second-order valence-corrected chi connectivity index (χ2v) is 4.58. The van der Waals surface area contributed by atoms with Crippen LogP contribution in [0.2, 0.25) is 0 Å². The van der Waals surface area contributed by atoms with Crippen molar-refractivity contribution in [3.05, 3.63) is 53.0 Å². The van der Waals surface area contributed by atoms with Crippen molar-refractivity contribution < 1.29 is 9.47 Å². The number of ether oxygens (including phenoxy) is 2. The molecule has 0 radical (unpaired) electrons. The standard InChI is InChI=1S/C15H16N2O2/c1-11-16-14-7-8-18-10-13(14)15(17-11)19-9-12-5-3-2-4-6-12/h2-6H,7-10H2,1H3. The first-order valence-electron chi connectivity index (χ1n) is 6.44. The number of aromatic nitrogens is 2. The summed E-state index contributed by atoms with van der Waals surface area (Å²) in [5, 5.41) is 0. The first kappa shape index (κ1) is 12.1. The van der Waals surface area contributed by atoms with Crippen LogP contribution in [-0.4, -0.2) is 16.6 Å². The molecule has 1 aromatic carbocycles. The minimum absolute atomic E-state index is 0.518. The van der Waals surface area contributed by atoms with E-state index in [1.54, 1.807) is 0 Å². The zero-order valence-electron chi connectivity index (χ0n) is 10.9. The van der Waals surface area contributed by atoms with Crippen LogP contribution in [0, 0.1) is 6.92 Å². The van der Waals surface area contributed by atoms with Crippen LogP contribution in [0.3, 0.4) is 0 Å². The van der Waals surface area contributed by atoms with Gasteiger partial charge in [-0.15, -0.1) is 0 Å². The van der Waals surface area contributed by atoms with Crippen molar-refractivity contribution in [3.8, 4) is 5.88 Å². The minimum Gasteiger partial charge on any atom is -0.472 e. The van der Waals surface area contributed by atoms with Gasteiger partial charge in [-0.05, 0) is 12.5 Å². The number of aryl methyl sites for hydroxylation is 1. The van der Waals surface area contributed by atoms with E-state index in [2.05, 4.69) is 9.97 Å². The second-order valence-electron chi connectivity index (χ2n) is 4.58. The predicted molar refractivity (Wildman–Crippen MR) is 70.9 cm³/mol. The Morgan fingerprint density at radius 2 is 2.05 bits per heavy atom. The topological polar surface area (TPSA) is 44.2 Å². The Balaban J connectivity index is 1.82. The molecule has 0 spiro atoms. The van der Waals surface area contributed by atoms with Crippen molar-refractivity contribution in [1.29, 1.82) is 0 Å². The third-order valence-electron chi connectivity index (χ3n) is 3.11. The van der Waals surface area contributed by atoms with Crippen molar-refractivity contribution in [2.75, 3.05) is 6.61 Å². The molecular formula is C15H16N2O2. The van der Waals surface area contributed by atoms with E-state index in [1.807, 2.05) is 37.3 Å². The van der Waals surface area contributed by atoms with Crippen LogP contribution in [0.15, 0.2) is 30.3 Å². The molecule has 1 aromatic heterocycles. The molecule has 4 nitrogen and oxygen atoms in total. The second kappa shape index (κ2) is 5.36. The SMILES string of the molecule is Cc1nc2c(c(OCc3ccccc3)n1)COCC2. The van der Waals surface area contributed by atoms with Crippen molar-refractivity contribution in [2.45, 2.75) is 26.6 Å². The molecule has 0 atom stereocenters. The highest BCUT2D eigenvalue weighted by Gasteiger charge is 2.18. The lowest BCUT2D eigenvalue weighted by molar-refractivity contribution is 0.104. The van der Waals surface area contributed by atoms with Crippen LogP contribution in [0.25, 0.3) is 0 Å². The summed E-state index contributed by atoms with van der Waals surface area (Å²) >= 11 is 0. The van der Waals surface area contributed by atoms with Gasteiger partial charge in [-0.25, -0.2) is 4.98 Å². The zero-order valence-corrected chi connectivity index (χ0v) is 10.9. The number of nitrogens with zero attached hydrogens (tertiary/aromatic N) is 2. The Morgan fingerprint density at radius 1 is 1.21 bits per heavy atom. The van der Waals surface area contributed by atoms with Gasteiger partial charge in [0.05, 0.1) is 24.5 Å². The normalized spacial score (nSPS) is 13.9. The van der Waals surface area contributed by atoms with Gasteiger partial charge in [0, 0.05) is 6.42 Å². The molecule has 1 aliphatic rings. The maximum absolute atomic E-state index is 5.84. The van der Waals surface area contributed by atoms with E-state index in [0.717, 1.165) is 35.7 Å². The van der Waals surface area contributed by atoms with Gasteiger partial charge in [0.15, 0.2) is 0 Å². The molecule has 0 bridgehead atoms. The molecule has 0 N–H and O–H groups in total. The molecule has 19 heavy (non-hydrogen) atoms. The number of hydrogen-bond acceptors (Lipinski definition) is 4. The molecule has 0 unspecified atom stereocenters. The highest BCUT2D eigenvalue weighted by Crippen LogP contribution is 2.24. The molecule has 1 aliphatic heterocycles. The molecule has 0 amide bonds. The summed E-state index contributed by atoms with van der Waals surface area (Å²) in [4.78, 5) is 8.85. The van der Waals surface area contributed by atoms with Gasteiger partial charge in [-0.3, -0.25) is 0 Å². The van der Waals surface area contributed by atoms with Crippen molar-refractivity contribution in [2.24, 2.45) is 0 Å². The van der Waals surface area contributed by atoms with Gasteiger partial charge in [0.1, 0.15) is 12.4 Å². The van der Waals surface area contributed by atoms with E-state index >= 15 is 0 Å². The lowest BCUT2D eigenvalue weighted by atomic mass is 10.1. The monoisotopic (exact) mass is 256 g/mol. The molecule has 2 aromatic rings. The Kier molecular flexibility index (Phi) is 3.42. The summed E-state index contributed by atoms with van der Waals surface area (Å²) in [5.74, 6) is 1.41. The minimum atomic E-state index is 0.518. The molecule has 98 valence electrons. The molecule has 2 heterocycles. The Hall–Kier alpha value is -1.94. The predicted octanol–water partition coefficient (Wildman–Crippen LogP) is 2.44. The van der Waals surface area contributed by atoms with Crippen molar-refractivity contribution in [1.82, 2.24) is 9.97 Å². The maximum Gasteiger partial charge on any atom is 0.222 e. The van der Waals surface area contributed by atoms with Crippen LogP contribution in [0.5, 0.6) is 5.88 Å². The van der Waals surface area contributed by atoms with Crippen molar-refractivity contribution >= 4 is 0 Å². The summed E-state index contributed by atoms with van der Waals surface area (Å²) < 4.78 is 11.3. The van der Waals surface area contributed by atoms with Gasteiger partial charge in [-0.2, -0.15) is 4.98 Å². The van der Waals surface area contributed by atoms with E-state index in [-0.39, 0.29) is 0 Å². The van der Waals surface area contributed by atoms with Gasteiger partial charge < -0.3 is 9.47 Å². The Labute approximate surface area is 112 Å². The van der Waals surface area contributed by atoms with Gasteiger partial charge in [-0.1, -0.05) is 30.3 Å². The lowest BCUT2D eigenvalue weighted by Crippen LogP contribution is -2.15. The summed E-state index contributed by atoms with van der Waals surface area (Å²) in [5.41, 5.74) is 3.18. The quantitative estimate of drug-likeness (QED) is 0.846. The van der Waals surface area contributed by atoms with E-state index in [4.69, 9.17) is 9.47 Å². The Morgan fingerprint density at radius 3 is 2.89 bits per heavy atom. The van der Waals surface area contributed by atoms with E-state index in [1.165, 1.54) is 0 Å². The van der Waals surface area contributed by atoms with Gasteiger partial charge in [0.2, 0.25) is 5.88 Å². The van der Waals surface area contributed by atoms with Crippen LogP contribution < -0.4 is 4.74 Å². The zero-order chi connectivity index (χ0) is 13.1. The lowest BCUT2D eigenvalue weighted by Gasteiger charge is -2.18. The fourth-order valence-corrected chi connectivity index (χ4v) is 2.17. The fourth-order valence-electron chi connectivity index (χ4n) is 2.17. The van der Waals surface area contributed by atoms with Gasteiger partial charge >= 0.3 is 0 Å². The van der Waals surface area contributed by atoms with Crippen LogP contribution in [0.1, 0.15) is 22.6 Å². The summed E-state index contributed by atoms with van der Waals surface area (Å²) in [6.45, 7) is 3.68. The van der Waals surface area contributed by atoms with Crippen LogP contribution in [-0.2, 0) is 24.4 Å². The molecule has 4 heteroatoms. The summed E-state index contributed by atoms with van der Waals surface area (Å²) in [6.07, 6.45) is 0.834. The first-order valence-corrected chi connectivity index (χ1v) is 6.44. The highest BCUT2D eigenvalue weighted by atomic mass is 16.5. The average Bonchev–Trinajstić information content (AvgIpc) is 2.45. The van der Waals surface area contributed by atoms with Crippen molar-refractivity contribution in [3.63, 3.8) is 0 Å². The molecule has 0 saturated heterocycles. The summed E-state index contributed by atoms with van der Waals surface area (Å²) in [7, 11) is 0. The average molecular weight is 256 g/mol. The number of hydrogen-bond donors (Lipinski definition) is 0. The summed E-state index contributed by atoms with van der Waals surface area (Å²) in [6, 6.07) is 10.1. The number of fused-ring (bicyclic) bond motifs is 1. The molecule has 3 rings (SSSR count). The fraction of sp³-hybridized carbons (Fsp3) is 0.333. The van der Waals surface area contributed by atoms with Crippen LogP contribution in [0.4, 0.5) is 0 Å². The smallest absolute Gasteiger partial charge is 0.222 e.